The topological polar surface area (TPSA) is 24.9 Å². The summed E-state index contributed by atoms with van der Waals surface area (Å²) in [6, 6.07) is 16.6. The summed E-state index contributed by atoms with van der Waals surface area (Å²) in [6.07, 6.45) is 0. The summed E-state index contributed by atoms with van der Waals surface area (Å²) in [7, 11) is 0. The van der Waals surface area contributed by atoms with E-state index in [0.717, 1.165) is 29.2 Å². The van der Waals surface area contributed by atoms with Crippen molar-refractivity contribution in [1.82, 2.24) is 10.3 Å². The molecule has 2 aromatic carbocycles. The van der Waals surface area contributed by atoms with Crippen LogP contribution in [0, 0.1) is 0 Å². The molecule has 1 heterocycles. The molecule has 0 saturated heterocycles. The maximum absolute atomic E-state index is 5.85. The number of alkyl halides is 1. The van der Waals surface area contributed by atoms with Crippen LogP contribution in [0.2, 0.25) is 0 Å². The van der Waals surface area contributed by atoms with E-state index >= 15 is 0 Å². The summed E-state index contributed by atoms with van der Waals surface area (Å²) in [4.78, 5) is 4.61. The molecule has 0 atom stereocenters. The van der Waals surface area contributed by atoms with Crippen molar-refractivity contribution in [1.29, 1.82) is 0 Å². The lowest BCUT2D eigenvalue weighted by molar-refractivity contribution is 0.690. The highest BCUT2D eigenvalue weighted by molar-refractivity contribution is 7.18. The Hall–Kier alpha value is -1.42. The smallest absolute Gasteiger partial charge is 0.108 e. The number of aromatic nitrogens is 1. The number of benzene rings is 2. The Balaban J connectivity index is 1.61. The number of nitrogens with zero attached hydrogens (tertiary/aromatic N) is 1. The van der Waals surface area contributed by atoms with Crippen LogP contribution in [0.15, 0.2) is 48.5 Å². The van der Waals surface area contributed by atoms with Gasteiger partial charge >= 0.3 is 0 Å². The van der Waals surface area contributed by atoms with E-state index < -0.39 is 0 Å². The van der Waals surface area contributed by atoms with Gasteiger partial charge in [-0.15, -0.1) is 22.9 Å². The first-order valence-electron chi connectivity index (χ1n) is 6.54. The van der Waals surface area contributed by atoms with Gasteiger partial charge in [-0.25, -0.2) is 4.98 Å². The fourth-order valence-electron chi connectivity index (χ4n) is 2.13. The van der Waals surface area contributed by atoms with Gasteiger partial charge in [0, 0.05) is 19.0 Å². The maximum atomic E-state index is 5.85. The molecule has 4 heteroatoms. The quantitative estimate of drug-likeness (QED) is 0.710. The third-order valence-electron chi connectivity index (χ3n) is 3.09. The maximum Gasteiger partial charge on any atom is 0.108 e. The first kappa shape index (κ1) is 13.6. The predicted octanol–water partition coefficient (Wildman–Crippen LogP) is 4.32. The average molecular weight is 303 g/mol. The molecule has 3 aromatic rings. The van der Waals surface area contributed by atoms with E-state index in [1.54, 1.807) is 11.3 Å². The molecule has 1 aromatic heterocycles. The molecule has 2 nitrogen and oxygen atoms in total. The van der Waals surface area contributed by atoms with Crippen molar-refractivity contribution in [3.05, 3.63) is 64.7 Å². The second kappa shape index (κ2) is 6.35. The average Bonchev–Trinajstić information content (AvgIpc) is 2.90. The highest BCUT2D eigenvalue weighted by Gasteiger charge is 2.02. The Morgan fingerprint density at radius 2 is 1.85 bits per heavy atom. The van der Waals surface area contributed by atoms with Crippen LogP contribution in [0.4, 0.5) is 0 Å². The molecule has 3 rings (SSSR count). The standard InChI is InChI=1S/C16H15ClN2S/c17-9-12-4-3-5-13(8-12)10-18-11-16-19-14-6-1-2-7-15(14)20-16/h1-8,18H,9-11H2. The third kappa shape index (κ3) is 3.18. The molecule has 0 radical (unpaired) electrons. The highest BCUT2D eigenvalue weighted by atomic mass is 35.5. The Morgan fingerprint density at radius 1 is 1.00 bits per heavy atom. The number of rotatable bonds is 5. The molecule has 0 aliphatic heterocycles. The fraction of sp³-hybridized carbons (Fsp3) is 0.188. The molecule has 0 fully saturated rings. The van der Waals surface area contributed by atoms with Crippen molar-refractivity contribution < 1.29 is 0 Å². The van der Waals surface area contributed by atoms with Crippen LogP contribution in [-0.4, -0.2) is 4.98 Å². The first-order valence-corrected chi connectivity index (χ1v) is 7.89. The Kier molecular flexibility index (Phi) is 4.31. The van der Waals surface area contributed by atoms with E-state index in [9.17, 15) is 0 Å². The zero-order valence-corrected chi connectivity index (χ0v) is 12.5. The van der Waals surface area contributed by atoms with Crippen molar-refractivity contribution in [3.63, 3.8) is 0 Å². The van der Waals surface area contributed by atoms with E-state index in [-0.39, 0.29) is 0 Å². The van der Waals surface area contributed by atoms with E-state index in [2.05, 4.69) is 40.6 Å². The van der Waals surface area contributed by atoms with Gasteiger partial charge < -0.3 is 5.32 Å². The van der Waals surface area contributed by atoms with E-state index in [0.29, 0.717) is 5.88 Å². The van der Waals surface area contributed by atoms with Crippen molar-refractivity contribution in [2.75, 3.05) is 0 Å². The normalized spacial score (nSPS) is 11.1. The minimum atomic E-state index is 0.561. The number of hydrogen-bond acceptors (Lipinski definition) is 3. The Morgan fingerprint density at radius 3 is 2.70 bits per heavy atom. The summed E-state index contributed by atoms with van der Waals surface area (Å²) in [5.74, 6) is 0.561. The van der Waals surface area contributed by atoms with Crippen molar-refractivity contribution in [2.45, 2.75) is 19.0 Å². The number of halogens is 1. The van der Waals surface area contributed by atoms with Gasteiger partial charge in [0.25, 0.3) is 0 Å². The highest BCUT2D eigenvalue weighted by Crippen LogP contribution is 2.21. The zero-order chi connectivity index (χ0) is 13.8. The van der Waals surface area contributed by atoms with Crippen LogP contribution in [0.5, 0.6) is 0 Å². The summed E-state index contributed by atoms with van der Waals surface area (Å²) in [5, 5.41) is 4.56. The van der Waals surface area contributed by atoms with Gasteiger partial charge in [0.1, 0.15) is 5.01 Å². The molecule has 0 aliphatic carbocycles. The number of thiazole rings is 1. The molecule has 102 valence electrons. The van der Waals surface area contributed by atoms with Crippen LogP contribution in [0.3, 0.4) is 0 Å². The van der Waals surface area contributed by atoms with Gasteiger partial charge in [0.2, 0.25) is 0 Å². The second-order valence-electron chi connectivity index (χ2n) is 4.63. The lowest BCUT2D eigenvalue weighted by Gasteiger charge is -2.04. The van der Waals surface area contributed by atoms with Crippen molar-refractivity contribution >= 4 is 33.2 Å². The Bertz CT molecular complexity index is 675. The van der Waals surface area contributed by atoms with Gasteiger partial charge in [-0.3, -0.25) is 0 Å². The molecular formula is C16H15ClN2S. The number of hydrogen-bond donors (Lipinski definition) is 1. The largest absolute Gasteiger partial charge is 0.306 e. The number of fused-ring (bicyclic) bond motifs is 1. The summed E-state index contributed by atoms with van der Waals surface area (Å²) >= 11 is 7.59. The molecule has 0 bridgehead atoms. The minimum absolute atomic E-state index is 0.561. The summed E-state index contributed by atoms with van der Waals surface area (Å²) < 4.78 is 1.24. The van der Waals surface area contributed by atoms with Crippen LogP contribution in [0.1, 0.15) is 16.1 Å². The molecule has 0 amide bonds. The fourth-order valence-corrected chi connectivity index (χ4v) is 3.24. The number of nitrogens with one attached hydrogen (secondary N) is 1. The van der Waals surface area contributed by atoms with Gasteiger partial charge in [-0.2, -0.15) is 0 Å². The van der Waals surface area contributed by atoms with E-state index in [1.807, 2.05) is 18.2 Å². The molecular weight excluding hydrogens is 288 g/mol. The van der Waals surface area contributed by atoms with Gasteiger partial charge in [0.05, 0.1) is 10.2 Å². The van der Waals surface area contributed by atoms with Crippen LogP contribution >= 0.6 is 22.9 Å². The predicted molar refractivity (Wildman–Crippen MR) is 86.2 cm³/mol. The Labute approximate surface area is 127 Å². The van der Waals surface area contributed by atoms with Crippen molar-refractivity contribution in [2.24, 2.45) is 0 Å². The molecule has 1 N–H and O–H groups in total. The third-order valence-corrected chi connectivity index (χ3v) is 4.43. The SMILES string of the molecule is ClCc1cccc(CNCc2nc3ccccc3s2)c1. The molecule has 0 spiro atoms. The van der Waals surface area contributed by atoms with Gasteiger partial charge in [-0.05, 0) is 23.3 Å². The molecule has 0 unspecified atom stereocenters. The van der Waals surface area contributed by atoms with E-state index in [1.165, 1.54) is 10.3 Å². The second-order valence-corrected chi connectivity index (χ2v) is 6.01. The lowest BCUT2D eigenvalue weighted by atomic mass is 10.1. The lowest BCUT2D eigenvalue weighted by Crippen LogP contribution is -2.12. The summed E-state index contributed by atoms with van der Waals surface area (Å²) in [6.45, 7) is 1.63. The van der Waals surface area contributed by atoms with Gasteiger partial charge in [0.15, 0.2) is 0 Å². The minimum Gasteiger partial charge on any atom is -0.306 e. The van der Waals surface area contributed by atoms with Gasteiger partial charge in [-0.1, -0.05) is 36.4 Å². The van der Waals surface area contributed by atoms with Crippen LogP contribution in [-0.2, 0) is 19.0 Å². The molecule has 20 heavy (non-hydrogen) atoms. The molecule has 0 aliphatic rings. The summed E-state index contributed by atoms with van der Waals surface area (Å²) in [5.41, 5.74) is 3.49. The zero-order valence-electron chi connectivity index (χ0n) is 11.0. The molecule has 0 saturated carbocycles. The van der Waals surface area contributed by atoms with E-state index in [4.69, 9.17) is 11.6 Å². The van der Waals surface area contributed by atoms with Crippen molar-refractivity contribution in [3.8, 4) is 0 Å². The van der Waals surface area contributed by atoms with Crippen LogP contribution in [0.25, 0.3) is 10.2 Å². The van der Waals surface area contributed by atoms with Crippen LogP contribution < -0.4 is 5.32 Å². The number of para-hydroxylation sites is 1. The monoisotopic (exact) mass is 302 g/mol. The first-order chi connectivity index (χ1) is 9.85.